The number of alkyl halides is 3. The Bertz CT molecular complexity index is 378. The fraction of sp³-hybridized carbons (Fsp3) is 0.300. The van der Waals surface area contributed by atoms with Crippen LogP contribution in [0.25, 0.3) is 0 Å². The van der Waals surface area contributed by atoms with Gasteiger partial charge in [0.15, 0.2) is 0 Å². The van der Waals surface area contributed by atoms with Crippen molar-refractivity contribution in [3.63, 3.8) is 0 Å². The normalized spacial score (nSPS) is 11.0. The fourth-order valence-corrected chi connectivity index (χ4v) is 1.09. The molecule has 0 fully saturated rings. The van der Waals surface area contributed by atoms with Crippen molar-refractivity contribution in [3.8, 4) is 11.5 Å². The van der Waals surface area contributed by atoms with Gasteiger partial charge in [-0.05, 0) is 24.3 Å². The van der Waals surface area contributed by atoms with Gasteiger partial charge in [0.25, 0.3) is 0 Å². The molecule has 0 radical (unpaired) electrons. The van der Waals surface area contributed by atoms with Crippen molar-refractivity contribution < 1.29 is 22.6 Å². The number of thiocarbonyl (C=S) groups is 1. The average molecular weight is 265 g/mol. The zero-order valence-corrected chi connectivity index (χ0v) is 9.48. The van der Waals surface area contributed by atoms with Crippen molar-refractivity contribution in [2.24, 2.45) is 5.73 Å². The molecule has 0 saturated heterocycles. The lowest BCUT2D eigenvalue weighted by atomic mass is 10.3. The molecule has 7 heteroatoms. The molecular formula is C10H10F3NO2S. The van der Waals surface area contributed by atoms with E-state index in [1.54, 1.807) is 0 Å². The molecule has 0 aliphatic carbocycles. The Morgan fingerprint density at radius 2 is 1.71 bits per heavy atom. The summed E-state index contributed by atoms with van der Waals surface area (Å²) in [5, 5.41) is 0. The van der Waals surface area contributed by atoms with E-state index in [1.807, 2.05) is 0 Å². The highest BCUT2D eigenvalue weighted by atomic mass is 32.1. The first-order valence-corrected chi connectivity index (χ1v) is 5.04. The van der Waals surface area contributed by atoms with Gasteiger partial charge in [-0.1, -0.05) is 12.2 Å². The van der Waals surface area contributed by atoms with Crippen LogP contribution in [0.1, 0.15) is 6.42 Å². The fourth-order valence-electron chi connectivity index (χ4n) is 1.01. The van der Waals surface area contributed by atoms with Gasteiger partial charge in [-0.3, -0.25) is 0 Å². The van der Waals surface area contributed by atoms with E-state index in [2.05, 4.69) is 17.0 Å². The Morgan fingerprint density at radius 3 is 2.18 bits per heavy atom. The third kappa shape index (κ3) is 5.96. The summed E-state index contributed by atoms with van der Waals surface area (Å²) in [6, 6.07) is 5.09. The molecule has 0 aliphatic rings. The third-order valence-electron chi connectivity index (χ3n) is 1.67. The molecule has 2 N–H and O–H groups in total. The van der Waals surface area contributed by atoms with Crippen molar-refractivity contribution in [2.75, 3.05) is 6.61 Å². The van der Waals surface area contributed by atoms with Crippen molar-refractivity contribution in [1.82, 2.24) is 0 Å². The molecule has 0 heterocycles. The largest absolute Gasteiger partial charge is 0.573 e. The average Bonchev–Trinajstić information content (AvgIpc) is 2.18. The Balaban J connectivity index is 2.47. The molecular weight excluding hydrogens is 255 g/mol. The van der Waals surface area contributed by atoms with E-state index in [0.717, 1.165) is 0 Å². The number of nitrogens with two attached hydrogens (primary N) is 1. The molecule has 94 valence electrons. The Kier molecular flexibility index (Phi) is 4.56. The number of hydrogen-bond acceptors (Lipinski definition) is 3. The molecule has 0 atom stereocenters. The van der Waals surface area contributed by atoms with Crippen LogP contribution in [0.2, 0.25) is 0 Å². The summed E-state index contributed by atoms with van der Waals surface area (Å²) in [5.74, 6) is 0.134. The van der Waals surface area contributed by atoms with Gasteiger partial charge in [0.05, 0.1) is 11.6 Å². The summed E-state index contributed by atoms with van der Waals surface area (Å²) in [5.41, 5.74) is 5.26. The molecule has 0 bridgehead atoms. The van der Waals surface area contributed by atoms with Gasteiger partial charge in [-0.2, -0.15) is 0 Å². The van der Waals surface area contributed by atoms with E-state index in [0.29, 0.717) is 17.2 Å². The highest BCUT2D eigenvalue weighted by Gasteiger charge is 2.30. The minimum absolute atomic E-state index is 0.287. The SMILES string of the molecule is NC(=S)CCOc1ccc(OC(F)(F)F)cc1. The van der Waals surface area contributed by atoms with Gasteiger partial charge in [-0.15, -0.1) is 13.2 Å². The van der Waals surface area contributed by atoms with Crippen LogP contribution in [0.4, 0.5) is 13.2 Å². The van der Waals surface area contributed by atoms with Gasteiger partial charge in [0, 0.05) is 6.42 Å². The Hall–Kier alpha value is -1.50. The van der Waals surface area contributed by atoms with Gasteiger partial charge in [0.2, 0.25) is 0 Å². The molecule has 0 aromatic heterocycles. The summed E-state index contributed by atoms with van der Waals surface area (Å²) in [6.45, 7) is 0.287. The van der Waals surface area contributed by atoms with Gasteiger partial charge >= 0.3 is 6.36 Å². The molecule has 17 heavy (non-hydrogen) atoms. The molecule has 0 spiro atoms. The van der Waals surface area contributed by atoms with E-state index in [9.17, 15) is 13.2 Å². The molecule has 1 rings (SSSR count). The van der Waals surface area contributed by atoms with Gasteiger partial charge < -0.3 is 15.2 Å². The molecule has 3 nitrogen and oxygen atoms in total. The van der Waals surface area contributed by atoms with Crippen molar-refractivity contribution >= 4 is 17.2 Å². The third-order valence-corrected chi connectivity index (χ3v) is 1.88. The predicted molar refractivity (Wildman–Crippen MR) is 60.0 cm³/mol. The van der Waals surface area contributed by atoms with E-state index < -0.39 is 6.36 Å². The van der Waals surface area contributed by atoms with Gasteiger partial charge in [0.1, 0.15) is 11.5 Å². The van der Waals surface area contributed by atoms with E-state index in [-0.39, 0.29) is 12.4 Å². The lowest BCUT2D eigenvalue weighted by Crippen LogP contribution is -2.17. The first kappa shape index (κ1) is 13.6. The second-order valence-electron chi connectivity index (χ2n) is 3.08. The maximum Gasteiger partial charge on any atom is 0.573 e. The topological polar surface area (TPSA) is 44.5 Å². The lowest BCUT2D eigenvalue weighted by Gasteiger charge is -2.09. The van der Waals surface area contributed by atoms with Crippen LogP contribution in [0, 0.1) is 0 Å². The van der Waals surface area contributed by atoms with Crippen molar-refractivity contribution in [1.29, 1.82) is 0 Å². The monoisotopic (exact) mass is 265 g/mol. The summed E-state index contributed by atoms with van der Waals surface area (Å²) in [7, 11) is 0. The zero-order valence-electron chi connectivity index (χ0n) is 8.66. The Morgan fingerprint density at radius 1 is 1.18 bits per heavy atom. The molecule has 0 amide bonds. The van der Waals surface area contributed by atoms with Crippen LogP contribution in [-0.2, 0) is 0 Å². The Labute approximate surface area is 101 Å². The minimum Gasteiger partial charge on any atom is -0.493 e. The van der Waals surface area contributed by atoms with Crippen LogP contribution in [0.5, 0.6) is 11.5 Å². The maximum absolute atomic E-state index is 11.9. The number of ether oxygens (including phenoxy) is 2. The number of halogens is 3. The van der Waals surface area contributed by atoms with Crippen LogP contribution >= 0.6 is 12.2 Å². The number of hydrogen-bond donors (Lipinski definition) is 1. The second-order valence-corrected chi connectivity index (χ2v) is 3.61. The number of benzene rings is 1. The lowest BCUT2D eigenvalue weighted by molar-refractivity contribution is -0.274. The molecule has 0 unspecified atom stereocenters. The maximum atomic E-state index is 11.9. The first-order chi connectivity index (χ1) is 7.87. The van der Waals surface area contributed by atoms with Gasteiger partial charge in [-0.25, -0.2) is 0 Å². The standard InChI is InChI=1S/C10H10F3NO2S/c11-10(12,13)16-8-3-1-7(2-4-8)15-6-5-9(14)17/h1-4H,5-6H2,(H2,14,17). The minimum atomic E-state index is -4.69. The van der Waals surface area contributed by atoms with Crippen LogP contribution in [0.3, 0.4) is 0 Å². The molecule has 1 aromatic rings. The summed E-state index contributed by atoms with van der Waals surface area (Å²) in [4.78, 5) is 0.321. The summed E-state index contributed by atoms with van der Waals surface area (Å²) >= 11 is 4.64. The summed E-state index contributed by atoms with van der Waals surface area (Å²) in [6.07, 6.45) is -4.27. The van der Waals surface area contributed by atoms with Crippen LogP contribution in [0.15, 0.2) is 24.3 Å². The quantitative estimate of drug-likeness (QED) is 0.831. The van der Waals surface area contributed by atoms with E-state index >= 15 is 0 Å². The number of rotatable bonds is 5. The smallest absolute Gasteiger partial charge is 0.493 e. The zero-order chi connectivity index (χ0) is 12.9. The first-order valence-electron chi connectivity index (χ1n) is 4.64. The second kappa shape index (κ2) is 5.72. The summed E-state index contributed by atoms with van der Waals surface area (Å²) < 4.78 is 44.5. The van der Waals surface area contributed by atoms with Crippen molar-refractivity contribution in [2.45, 2.75) is 12.8 Å². The molecule has 1 aromatic carbocycles. The van der Waals surface area contributed by atoms with E-state index in [4.69, 9.17) is 10.5 Å². The van der Waals surface area contributed by atoms with Crippen LogP contribution in [-0.4, -0.2) is 18.0 Å². The predicted octanol–water partition coefficient (Wildman–Crippen LogP) is 2.64. The van der Waals surface area contributed by atoms with E-state index in [1.165, 1.54) is 24.3 Å². The highest BCUT2D eigenvalue weighted by Crippen LogP contribution is 2.24. The molecule has 0 aliphatic heterocycles. The molecule has 0 saturated carbocycles. The van der Waals surface area contributed by atoms with Crippen LogP contribution < -0.4 is 15.2 Å². The highest BCUT2D eigenvalue weighted by molar-refractivity contribution is 7.80. The van der Waals surface area contributed by atoms with Crippen molar-refractivity contribution in [3.05, 3.63) is 24.3 Å².